The van der Waals surface area contributed by atoms with Gasteiger partial charge in [-0.3, -0.25) is 5.32 Å². The molecule has 142 valence electrons. The zero-order valence-corrected chi connectivity index (χ0v) is 15.5. The maximum absolute atomic E-state index is 12.4. The second-order valence-electron chi connectivity index (χ2n) is 6.57. The van der Waals surface area contributed by atoms with Crippen LogP contribution in [0, 0.1) is 0 Å². The Bertz CT molecular complexity index is 746. The molecule has 2 amide bonds. The summed E-state index contributed by atoms with van der Waals surface area (Å²) in [6.45, 7) is 5.24. The molecule has 0 aliphatic rings. The minimum Gasteiger partial charge on any atom is -0.417 e. The van der Waals surface area contributed by atoms with Crippen LogP contribution in [0.1, 0.15) is 50.7 Å². The molecule has 0 aliphatic carbocycles. The zero-order chi connectivity index (χ0) is 19.4. The number of nitrogens with one attached hydrogen (secondary N) is 2. The third kappa shape index (κ3) is 4.71. The van der Waals surface area contributed by atoms with Gasteiger partial charge >= 0.3 is 12.6 Å². The van der Waals surface area contributed by atoms with Gasteiger partial charge in [0.1, 0.15) is 0 Å². The summed E-state index contributed by atoms with van der Waals surface area (Å²) >= 11 is 0. The van der Waals surface area contributed by atoms with Crippen LogP contribution in [0.3, 0.4) is 0 Å². The number of carbonyl (C=O) groups excluding carboxylic acids is 1. The van der Waals surface area contributed by atoms with Gasteiger partial charge in [-0.1, -0.05) is 45.9 Å². The van der Waals surface area contributed by atoms with Gasteiger partial charge in [0.2, 0.25) is 5.88 Å². The fraction of sp³-hybridized carbons (Fsp3) is 0.444. The topological polar surface area (TPSA) is 68.2 Å². The molecule has 0 unspecified atom stereocenters. The molecule has 0 spiro atoms. The number of aryl methyl sites for hydroxylation is 1. The minimum atomic E-state index is -2.96. The number of nitrogens with zero attached hydrogens (tertiary/aromatic N) is 2. The monoisotopic (exact) mass is 366 g/mol. The number of alkyl halides is 2. The van der Waals surface area contributed by atoms with Crippen molar-refractivity contribution in [3.05, 3.63) is 35.4 Å². The number of anilines is 2. The molecule has 0 saturated heterocycles. The average Bonchev–Trinajstić information content (AvgIpc) is 2.85. The Kier molecular flexibility index (Phi) is 6.18. The van der Waals surface area contributed by atoms with E-state index in [0.29, 0.717) is 0 Å². The summed E-state index contributed by atoms with van der Waals surface area (Å²) in [6, 6.07) is 6.66. The van der Waals surface area contributed by atoms with Gasteiger partial charge in [-0.25, -0.2) is 9.48 Å². The molecule has 2 N–H and O–H groups in total. The van der Waals surface area contributed by atoms with Crippen molar-refractivity contribution in [1.82, 2.24) is 9.78 Å². The number of aromatic nitrogens is 2. The molecule has 0 saturated carbocycles. The lowest BCUT2D eigenvalue weighted by molar-refractivity contribution is -0.0553. The first-order valence-corrected chi connectivity index (χ1v) is 8.38. The molecule has 0 aliphatic heterocycles. The number of rotatable bonds is 6. The fourth-order valence-electron chi connectivity index (χ4n) is 2.67. The van der Waals surface area contributed by atoms with Crippen molar-refractivity contribution < 1.29 is 18.3 Å². The molecule has 6 nitrogen and oxygen atoms in total. The van der Waals surface area contributed by atoms with Crippen molar-refractivity contribution in [2.24, 2.45) is 7.05 Å². The normalized spacial score (nSPS) is 11.3. The van der Waals surface area contributed by atoms with Crippen molar-refractivity contribution in [2.45, 2.75) is 46.1 Å². The van der Waals surface area contributed by atoms with Crippen LogP contribution in [-0.2, 0) is 7.05 Å². The van der Waals surface area contributed by atoms with Crippen LogP contribution in [0.5, 0.6) is 5.88 Å². The van der Waals surface area contributed by atoms with E-state index in [1.54, 1.807) is 0 Å². The molecule has 2 rings (SSSR count). The predicted molar refractivity (Wildman–Crippen MR) is 97.1 cm³/mol. The standard InChI is InChI=1S/C18H24F2N4O2/c1-10(2)12-7-6-8-13(11(3)4)16(12)22-18(25)21-14-9-15(24(5)23-14)26-17(19)20/h6-11,17H,1-5H3,(H2,21,22,23,25). The summed E-state index contributed by atoms with van der Waals surface area (Å²) in [5.74, 6) is 0.435. The second kappa shape index (κ2) is 8.16. The first-order chi connectivity index (χ1) is 12.2. The van der Waals surface area contributed by atoms with Gasteiger partial charge in [-0.2, -0.15) is 13.9 Å². The highest BCUT2D eigenvalue weighted by atomic mass is 19.3. The van der Waals surface area contributed by atoms with Crippen molar-refractivity contribution in [3.63, 3.8) is 0 Å². The van der Waals surface area contributed by atoms with Gasteiger partial charge in [0.05, 0.1) is 0 Å². The number of ether oxygens (including phenoxy) is 1. The van der Waals surface area contributed by atoms with Crippen molar-refractivity contribution in [3.8, 4) is 5.88 Å². The third-order valence-corrected chi connectivity index (χ3v) is 3.90. The third-order valence-electron chi connectivity index (χ3n) is 3.90. The van der Waals surface area contributed by atoms with E-state index >= 15 is 0 Å². The van der Waals surface area contributed by atoms with Gasteiger partial charge in [-0.05, 0) is 23.0 Å². The summed E-state index contributed by atoms with van der Waals surface area (Å²) < 4.78 is 30.1. The highest BCUT2D eigenvalue weighted by molar-refractivity contribution is 6.00. The van der Waals surface area contributed by atoms with E-state index in [0.717, 1.165) is 21.5 Å². The molecule has 0 radical (unpaired) electrons. The largest absolute Gasteiger partial charge is 0.417 e. The fourth-order valence-corrected chi connectivity index (χ4v) is 2.67. The number of halogens is 2. The van der Waals surface area contributed by atoms with Gasteiger partial charge < -0.3 is 10.1 Å². The first kappa shape index (κ1) is 19.7. The van der Waals surface area contributed by atoms with E-state index in [-0.39, 0.29) is 23.5 Å². The van der Waals surface area contributed by atoms with Crippen LogP contribution in [0.15, 0.2) is 24.3 Å². The van der Waals surface area contributed by atoms with Crippen LogP contribution in [-0.4, -0.2) is 22.4 Å². The Morgan fingerprint density at radius 2 is 1.69 bits per heavy atom. The van der Waals surface area contributed by atoms with E-state index in [2.05, 4.69) is 48.2 Å². The number of amides is 2. The lowest BCUT2D eigenvalue weighted by Crippen LogP contribution is -2.22. The highest BCUT2D eigenvalue weighted by Gasteiger charge is 2.17. The molecule has 26 heavy (non-hydrogen) atoms. The van der Waals surface area contributed by atoms with Crippen LogP contribution in [0.2, 0.25) is 0 Å². The van der Waals surface area contributed by atoms with Crippen LogP contribution >= 0.6 is 0 Å². The molecular weight excluding hydrogens is 342 g/mol. The van der Waals surface area contributed by atoms with Gasteiger partial charge in [0, 0.05) is 18.8 Å². The number of hydrogen-bond acceptors (Lipinski definition) is 3. The lowest BCUT2D eigenvalue weighted by Gasteiger charge is -2.20. The summed E-state index contributed by atoms with van der Waals surface area (Å²) in [7, 11) is 1.45. The number of para-hydroxylation sites is 1. The molecule has 1 heterocycles. The Balaban J connectivity index is 2.20. The molecule has 0 bridgehead atoms. The molecule has 0 fully saturated rings. The number of hydrogen-bond donors (Lipinski definition) is 2. The molecule has 1 aromatic heterocycles. The SMILES string of the molecule is CC(C)c1cccc(C(C)C)c1NC(=O)Nc1cc(OC(F)F)n(C)n1. The Labute approximate surface area is 151 Å². The molecule has 2 aromatic rings. The van der Waals surface area contributed by atoms with Crippen molar-refractivity contribution in [1.29, 1.82) is 0 Å². The number of urea groups is 1. The van der Waals surface area contributed by atoms with E-state index in [1.165, 1.54) is 13.1 Å². The number of carbonyl (C=O) groups is 1. The summed E-state index contributed by atoms with van der Waals surface area (Å²) in [4.78, 5) is 12.4. The van der Waals surface area contributed by atoms with E-state index in [9.17, 15) is 13.6 Å². The van der Waals surface area contributed by atoms with Crippen molar-refractivity contribution >= 4 is 17.5 Å². The Morgan fingerprint density at radius 3 is 2.19 bits per heavy atom. The molecule has 8 heteroatoms. The van der Waals surface area contributed by atoms with E-state index in [4.69, 9.17) is 0 Å². The number of benzene rings is 1. The first-order valence-electron chi connectivity index (χ1n) is 8.38. The quantitative estimate of drug-likeness (QED) is 0.763. The average molecular weight is 366 g/mol. The smallest absolute Gasteiger partial charge is 0.388 e. The summed E-state index contributed by atoms with van der Waals surface area (Å²) in [6.07, 6.45) is 0. The maximum Gasteiger partial charge on any atom is 0.388 e. The van der Waals surface area contributed by atoms with Gasteiger partial charge in [-0.15, -0.1) is 0 Å². The predicted octanol–water partition coefficient (Wildman–Crippen LogP) is 4.91. The van der Waals surface area contributed by atoms with Crippen LogP contribution in [0.25, 0.3) is 0 Å². The maximum atomic E-state index is 12.4. The summed E-state index contributed by atoms with van der Waals surface area (Å²) in [5, 5.41) is 9.37. The molecular formula is C18H24F2N4O2. The van der Waals surface area contributed by atoms with Crippen LogP contribution < -0.4 is 15.4 Å². The van der Waals surface area contributed by atoms with Gasteiger partial charge in [0.25, 0.3) is 0 Å². The molecule has 0 atom stereocenters. The van der Waals surface area contributed by atoms with Crippen LogP contribution in [0.4, 0.5) is 25.1 Å². The lowest BCUT2D eigenvalue weighted by atomic mass is 9.93. The Morgan fingerprint density at radius 1 is 1.12 bits per heavy atom. The van der Waals surface area contributed by atoms with Crippen molar-refractivity contribution in [2.75, 3.05) is 10.6 Å². The second-order valence-corrected chi connectivity index (χ2v) is 6.57. The van der Waals surface area contributed by atoms with E-state index in [1.807, 2.05) is 18.2 Å². The Hall–Kier alpha value is -2.64. The minimum absolute atomic E-state index is 0.119. The zero-order valence-electron chi connectivity index (χ0n) is 15.5. The highest BCUT2D eigenvalue weighted by Crippen LogP contribution is 2.32. The molecule has 1 aromatic carbocycles. The van der Waals surface area contributed by atoms with E-state index < -0.39 is 12.6 Å². The van der Waals surface area contributed by atoms with Gasteiger partial charge in [0.15, 0.2) is 5.82 Å². The summed E-state index contributed by atoms with van der Waals surface area (Å²) in [5.41, 5.74) is 2.80.